The van der Waals surface area contributed by atoms with Crippen molar-refractivity contribution in [2.45, 2.75) is 44.6 Å². The normalized spacial score (nSPS) is 19.3. The molecule has 1 rings (SSSR count). The van der Waals surface area contributed by atoms with Gasteiger partial charge >= 0.3 is 5.97 Å². The van der Waals surface area contributed by atoms with Gasteiger partial charge in [0, 0.05) is 13.0 Å². The van der Waals surface area contributed by atoms with E-state index in [1.165, 1.54) is 25.7 Å². The molecule has 0 aliphatic heterocycles. The molecule has 4 nitrogen and oxygen atoms in total. The summed E-state index contributed by atoms with van der Waals surface area (Å²) >= 11 is 0. The average Bonchev–Trinajstić information content (AvgIpc) is 2.67. The Hall–Kier alpha value is -0.610. The van der Waals surface area contributed by atoms with Gasteiger partial charge in [-0.15, -0.1) is 0 Å². The fourth-order valence-electron chi connectivity index (χ4n) is 2.06. The Kier molecular flexibility index (Phi) is 5.65. The number of rotatable bonds is 7. The van der Waals surface area contributed by atoms with Crippen LogP contribution in [0.15, 0.2) is 0 Å². The smallest absolute Gasteiger partial charge is 0.303 e. The summed E-state index contributed by atoms with van der Waals surface area (Å²) in [5, 5.41) is 21.1. The minimum absolute atomic E-state index is 0.0479. The third kappa shape index (κ3) is 5.74. The molecule has 0 heterocycles. The van der Waals surface area contributed by atoms with Crippen molar-refractivity contribution in [1.29, 1.82) is 0 Å². The number of carboxylic acid groups (broad SMARTS) is 1. The molecular weight excluding hydrogens is 194 g/mol. The molecule has 0 bridgehead atoms. The first-order valence-electron chi connectivity index (χ1n) is 5.79. The number of hydrogen-bond acceptors (Lipinski definition) is 3. The Morgan fingerprint density at radius 3 is 2.67 bits per heavy atom. The van der Waals surface area contributed by atoms with Gasteiger partial charge in [0.15, 0.2) is 0 Å². The van der Waals surface area contributed by atoms with Crippen molar-refractivity contribution < 1.29 is 15.0 Å². The lowest BCUT2D eigenvalue weighted by Gasteiger charge is -2.13. The fraction of sp³-hybridized carbons (Fsp3) is 0.909. The molecule has 0 amide bonds. The first-order valence-corrected chi connectivity index (χ1v) is 5.79. The van der Waals surface area contributed by atoms with Crippen LogP contribution in [0.25, 0.3) is 0 Å². The minimum Gasteiger partial charge on any atom is -0.481 e. The van der Waals surface area contributed by atoms with E-state index < -0.39 is 12.1 Å². The number of aliphatic hydroxyl groups excluding tert-OH is 1. The molecule has 3 N–H and O–H groups in total. The summed E-state index contributed by atoms with van der Waals surface area (Å²) in [6.45, 7) is 1.48. The van der Waals surface area contributed by atoms with Crippen molar-refractivity contribution in [3.8, 4) is 0 Å². The Morgan fingerprint density at radius 1 is 1.40 bits per heavy atom. The van der Waals surface area contributed by atoms with E-state index in [1.807, 2.05) is 0 Å². The topological polar surface area (TPSA) is 69.6 Å². The van der Waals surface area contributed by atoms with Gasteiger partial charge in [0.2, 0.25) is 0 Å². The van der Waals surface area contributed by atoms with Gasteiger partial charge in [-0.25, -0.2) is 0 Å². The summed E-state index contributed by atoms with van der Waals surface area (Å²) in [5.74, 6) is -0.0819. The average molecular weight is 215 g/mol. The maximum atomic E-state index is 10.3. The van der Waals surface area contributed by atoms with Gasteiger partial charge in [0.25, 0.3) is 0 Å². The SMILES string of the molecule is O=C(O)CCC(O)CNCC1CCCC1. The zero-order chi connectivity index (χ0) is 11.1. The highest BCUT2D eigenvalue weighted by Gasteiger charge is 2.14. The molecule has 1 fully saturated rings. The second kappa shape index (κ2) is 6.80. The van der Waals surface area contributed by atoms with Crippen LogP contribution in [-0.4, -0.2) is 35.4 Å². The lowest BCUT2D eigenvalue weighted by atomic mass is 10.1. The predicted octanol–water partition coefficient (Wildman–Crippen LogP) is 0.992. The first-order chi connectivity index (χ1) is 7.18. The van der Waals surface area contributed by atoms with E-state index in [0.717, 1.165) is 12.5 Å². The van der Waals surface area contributed by atoms with Crippen LogP contribution in [0.4, 0.5) is 0 Å². The summed E-state index contributed by atoms with van der Waals surface area (Å²) in [6.07, 6.45) is 5.10. The van der Waals surface area contributed by atoms with Gasteiger partial charge in [-0.3, -0.25) is 4.79 Å². The molecule has 0 radical (unpaired) electrons. The van der Waals surface area contributed by atoms with Crippen molar-refractivity contribution in [2.75, 3.05) is 13.1 Å². The molecule has 88 valence electrons. The Balaban J connectivity index is 1.96. The first kappa shape index (κ1) is 12.5. The molecule has 15 heavy (non-hydrogen) atoms. The molecule has 1 atom stereocenters. The fourth-order valence-corrected chi connectivity index (χ4v) is 2.06. The van der Waals surface area contributed by atoms with Gasteiger partial charge in [0.05, 0.1) is 6.10 Å². The zero-order valence-electron chi connectivity index (χ0n) is 9.11. The van der Waals surface area contributed by atoms with Gasteiger partial charge < -0.3 is 15.5 Å². The van der Waals surface area contributed by atoms with Crippen molar-refractivity contribution in [3.63, 3.8) is 0 Å². The highest BCUT2D eigenvalue weighted by Crippen LogP contribution is 2.23. The van der Waals surface area contributed by atoms with E-state index in [1.54, 1.807) is 0 Å². The number of carbonyl (C=O) groups is 1. The number of carboxylic acids is 1. The van der Waals surface area contributed by atoms with Crippen LogP contribution in [0, 0.1) is 5.92 Å². The Labute approximate surface area is 90.7 Å². The van der Waals surface area contributed by atoms with Crippen molar-refractivity contribution in [3.05, 3.63) is 0 Å². The van der Waals surface area contributed by atoms with Crippen molar-refractivity contribution in [2.24, 2.45) is 5.92 Å². The molecule has 1 unspecified atom stereocenters. The summed E-state index contributed by atoms with van der Waals surface area (Å²) in [4.78, 5) is 10.3. The molecular formula is C11H21NO3. The largest absolute Gasteiger partial charge is 0.481 e. The second-order valence-corrected chi connectivity index (χ2v) is 4.39. The third-order valence-electron chi connectivity index (χ3n) is 2.98. The van der Waals surface area contributed by atoms with E-state index in [0.29, 0.717) is 13.0 Å². The van der Waals surface area contributed by atoms with Crippen LogP contribution in [0.3, 0.4) is 0 Å². The van der Waals surface area contributed by atoms with E-state index in [9.17, 15) is 9.90 Å². The number of aliphatic carboxylic acids is 1. The molecule has 0 saturated heterocycles. The zero-order valence-corrected chi connectivity index (χ0v) is 9.11. The minimum atomic E-state index is -0.843. The molecule has 1 aliphatic carbocycles. The highest BCUT2D eigenvalue weighted by atomic mass is 16.4. The van der Waals surface area contributed by atoms with Crippen molar-refractivity contribution in [1.82, 2.24) is 5.32 Å². The Bertz CT molecular complexity index is 190. The van der Waals surface area contributed by atoms with Crippen LogP contribution >= 0.6 is 0 Å². The highest BCUT2D eigenvalue weighted by molar-refractivity contribution is 5.66. The molecule has 0 aromatic carbocycles. The maximum absolute atomic E-state index is 10.3. The lowest BCUT2D eigenvalue weighted by Crippen LogP contribution is -2.30. The van der Waals surface area contributed by atoms with Crippen LogP contribution < -0.4 is 5.32 Å². The molecule has 1 aliphatic rings. The monoisotopic (exact) mass is 215 g/mol. The molecule has 0 spiro atoms. The van der Waals surface area contributed by atoms with E-state index in [4.69, 9.17) is 5.11 Å². The van der Waals surface area contributed by atoms with Crippen LogP contribution in [0.2, 0.25) is 0 Å². The summed E-state index contributed by atoms with van der Waals surface area (Å²) in [6, 6.07) is 0. The Morgan fingerprint density at radius 2 is 2.07 bits per heavy atom. The van der Waals surface area contributed by atoms with Crippen LogP contribution in [0.1, 0.15) is 38.5 Å². The predicted molar refractivity (Wildman–Crippen MR) is 57.7 cm³/mol. The summed E-state index contributed by atoms with van der Waals surface area (Å²) < 4.78 is 0. The van der Waals surface area contributed by atoms with E-state index in [-0.39, 0.29) is 6.42 Å². The third-order valence-corrected chi connectivity index (χ3v) is 2.98. The maximum Gasteiger partial charge on any atom is 0.303 e. The van der Waals surface area contributed by atoms with Gasteiger partial charge in [-0.05, 0) is 31.7 Å². The standard InChI is InChI=1S/C11H21NO3/c13-10(5-6-11(14)15)8-12-7-9-3-1-2-4-9/h9-10,12-13H,1-8H2,(H,14,15). The lowest BCUT2D eigenvalue weighted by molar-refractivity contribution is -0.137. The van der Waals surface area contributed by atoms with E-state index >= 15 is 0 Å². The van der Waals surface area contributed by atoms with Gasteiger partial charge in [-0.2, -0.15) is 0 Å². The van der Waals surface area contributed by atoms with Crippen molar-refractivity contribution >= 4 is 5.97 Å². The molecule has 0 aromatic heterocycles. The number of aliphatic hydroxyl groups is 1. The van der Waals surface area contributed by atoms with Crippen LogP contribution in [-0.2, 0) is 4.79 Å². The quantitative estimate of drug-likeness (QED) is 0.592. The van der Waals surface area contributed by atoms with Gasteiger partial charge in [-0.1, -0.05) is 12.8 Å². The second-order valence-electron chi connectivity index (χ2n) is 4.39. The molecule has 1 saturated carbocycles. The summed E-state index contributed by atoms with van der Waals surface area (Å²) in [5.41, 5.74) is 0. The van der Waals surface area contributed by atoms with Gasteiger partial charge in [0.1, 0.15) is 0 Å². The van der Waals surface area contributed by atoms with E-state index in [2.05, 4.69) is 5.32 Å². The summed E-state index contributed by atoms with van der Waals surface area (Å²) in [7, 11) is 0. The molecule has 0 aromatic rings. The van der Waals surface area contributed by atoms with Crippen LogP contribution in [0.5, 0.6) is 0 Å². The number of nitrogens with one attached hydrogen (secondary N) is 1. The molecule has 4 heteroatoms. The number of hydrogen-bond donors (Lipinski definition) is 3.